The third-order valence-corrected chi connectivity index (χ3v) is 5.05. The zero-order valence-corrected chi connectivity index (χ0v) is 12.4. The van der Waals surface area contributed by atoms with Gasteiger partial charge in [-0.25, -0.2) is 0 Å². The van der Waals surface area contributed by atoms with Crippen LogP contribution in [0.15, 0.2) is 30.3 Å². The van der Waals surface area contributed by atoms with Crippen molar-refractivity contribution in [1.29, 1.82) is 0 Å². The van der Waals surface area contributed by atoms with E-state index in [4.69, 9.17) is 0 Å². The molecule has 2 aliphatic heterocycles. The molecule has 1 aromatic carbocycles. The molecule has 1 amide bonds. The minimum absolute atomic E-state index is 0.170. The zero-order chi connectivity index (χ0) is 14.2. The van der Waals surface area contributed by atoms with Crippen molar-refractivity contribution < 1.29 is 4.79 Å². The number of hydrogen-bond acceptors (Lipinski definition) is 2. The number of piperidine rings is 1. The molecule has 0 radical (unpaired) electrons. The van der Waals surface area contributed by atoms with E-state index in [1.165, 1.54) is 5.56 Å². The Morgan fingerprint density at radius 2 is 1.85 bits per heavy atom. The Hall–Kier alpha value is -1.35. The lowest BCUT2D eigenvalue weighted by atomic mass is 9.68. The highest BCUT2D eigenvalue weighted by molar-refractivity contribution is 5.87. The molecule has 2 heterocycles. The molecule has 0 aliphatic carbocycles. The summed E-state index contributed by atoms with van der Waals surface area (Å²) in [6, 6.07) is 10.9. The quantitative estimate of drug-likeness (QED) is 0.896. The number of nitrogens with zero attached hydrogens (tertiary/aromatic N) is 1. The summed E-state index contributed by atoms with van der Waals surface area (Å²) in [5.41, 5.74) is 1.16. The average Bonchev–Trinajstić information content (AvgIpc) is 2.75. The van der Waals surface area contributed by atoms with Crippen LogP contribution in [-0.2, 0) is 4.79 Å². The summed E-state index contributed by atoms with van der Waals surface area (Å²) in [6.45, 7) is 7.04. The molecule has 3 nitrogen and oxygen atoms in total. The minimum Gasteiger partial charge on any atom is -0.339 e. The van der Waals surface area contributed by atoms with Gasteiger partial charge in [-0.3, -0.25) is 4.79 Å². The number of likely N-dealkylation sites (tertiary alicyclic amines) is 1. The SMILES string of the molecule is CC(C)N1CC(c2ccccc2)C2(CCNCC2)C1=O. The van der Waals surface area contributed by atoms with Gasteiger partial charge in [0.05, 0.1) is 5.41 Å². The van der Waals surface area contributed by atoms with Crippen molar-refractivity contribution in [3.8, 4) is 0 Å². The number of hydrogen-bond donors (Lipinski definition) is 1. The first-order valence-corrected chi connectivity index (χ1v) is 7.72. The topological polar surface area (TPSA) is 32.3 Å². The molecule has 108 valence electrons. The van der Waals surface area contributed by atoms with Gasteiger partial charge >= 0.3 is 0 Å². The molecular weight excluding hydrogens is 248 g/mol. The molecule has 2 saturated heterocycles. The molecule has 1 N–H and O–H groups in total. The second kappa shape index (κ2) is 5.21. The molecule has 2 aliphatic rings. The van der Waals surface area contributed by atoms with Gasteiger partial charge in [-0.15, -0.1) is 0 Å². The number of carbonyl (C=O) groups is 1. The van der Waals surface area contributed by atoms with E-state index < -0.39 is 0 Å². The predicted molar refractivity (Wildman–Crippen MR) is 80.6 cm³/mol. The van der Waals surface area contributed by atoms with E-state index in [1.54, 1.807) is 0 Å². The summed E-state index contributed by atoms with van der Waals surface area (Å²) in [7, 11) is 0. The third kappa shape index (κ3) is 2.05. The lowest BCUT2D eigenvalue weighted by molar-refractivity contribution is -0.139. The standard InChI is InChI=1S/C17H24N2O/c1-13(2)19-12-15(14-6-4-3-5-7-14)17(16(19)20)8-10-18-11-9-17/h3-7,13,15,18H,8-12H2,1-2H3. The summed E-state index contributed by atoms with van der Waals surface area (Å²) in [6.07, 6.45) is 1.93. The number of rotatable bonds is 2. The highest BCUT2D eigenvalue weighted by atomic mass is 16.2. The fraction of sp³-hybridized carbons (Fsp3) is 0.588. The van der Waals surface area contributed by atoms with Crippen molar-refractivity contribution in [2.24, 2.45) is 5.41 Å². The normalized spacial score (nSPS) is 25.6. The van der Waals surface area contributed by atoms with Crippen LogP contribution in [-0.4, -0.2) is 36.5 Å². The fourth-order valence-corrected chi connectivity index (χ4v) is 3.88. The molecule has 3 rings (SSSR count). The lowest BCUT2D eigenvalue weighted by Crippen LogP contribution is -2.45. The van der Waals surface area contributed by atoms with Crippen LogP contribution in [0.25, 0.3) is 0 Å². The maximum atomic E-state index is 13.0. The van der Waals surface area contributed by atoms with Crippen molar-refractivity contribution in [1.82, 2.24) is 10.2 Å². The largest absolute Gasteiger partial charge is 0.339 e. The Kier molecular flexibility index (Phi) is 3.55. The third-order valence-electron chi connectivity index (χ3n) is 5.05. The number of benzene rings is 1. The molecule has 1 atom stereocenters. The first-order valence-electron chi connectivity index (χ1n) is 7.72. The Bertz CT molecular complexity index is 477. The minimum atomic E-state index is -0.170. The van der Waals surface area contributed by atoms with Crippen molar-refractivity contribution in [2.45, 2.75) is 38.6 Å². The van der Waals surface area contributed by atoms with E-state index in [1.807, 2.05) is 0 Å². The maximum Gasteiger partial charge on any atom is 0.229 e. The molecule has 2 fully saturated rings. The van der Waals surface area contributed by atoms with Gasteiger partial charge in [-0.1, -0.05) is 30.3 Å². The molecular formula is C17H24N2O. The molecule has 0 bridgehead atoms. The Morgan fingerprint density at radius 1 is 1.20 bits per heavy atom. The van der Waals surface area contributed by atoms with Crippen LogP contribution in [0.3, 0.4) is 0 Å². The summed E-state index contributed by atoms with van der Waals surface area (Å²) < 4.78 is 0. The second-order valence-electron chi connectivity index (χ2n) is 6.42. The Balaban J connectivity index is 2.00. The zero-order valence-electron chi connectivity index (χ0n) is 12.4. The molecule has 1 unspecified atom stereocenters. The van der Waals surface area contributed by atoms with E-state index >= 15 is 0 Å². The van der Waals surface area contributed by atoms with Crippen molar-refractivity contribution >= 4 is 5.91 Å². The number of nitrogens with one attached hydrogen (secondary N) is 1. The van der Waals surface area contributed by atoms with Gasteiger partial charge in [0, 0.05) is 18.5 Å². The monoisotopic (exact) mass is 272 g/mol. The van der Waals surface area contributed by atoms with Gasteiger partial charge in [-0.2, -0.15) is 0 Å². The van der Waals surface area contributed by atoms with E-state index in [2.05, 4.69) is 54.4 Å². The number of carbonyl (C=O) groups excluding carboxylic acids is 1. The van der Waals surface area contributed by atoms with Crippen molar-refractivity contribution in [3.63, 3.8) is 0 Å². The van der Waals surface area contributed by atoms with Gasteiger partial charge < -0.3 is 10.2 Å². The Labute approximate surface area is 121 Å². The first-order chi connectivity index (χ1) is 9.65. The summed E-state index contributed by atoms with van der Waals surface area (Å²) in [4.78, 5) is 15.1. The van der Waals surface area contributed by atoms with Gasteiger partial charge in [0.25, 0.3) is 0 Å². The van der Waals surface area contributed by atoms with E-state index in [0.29, 0.717) is 17.9 Å². The molecule has 1 spiro atoms. The number of amides is 1. The maximum absolute atomic E-state index is 13.0. The van der Waals surface area contributed by atoms with E-state index in [9.17, 15) is 4.79 Å². The molecule has 0 saturated carbocycles. The average molecular weight is 272 g/mol. The molecule has 1 aromatic rings. The predicted octanol–water partition coefficient (Wildman–Crippen LogP) is 2.39. The van der Waals surface area contributed by atoms with Crippen LogP contribution in [0.2, 0.25) is 0 Å². The summed E-state index contributed by atoms with van der Waals surface area (Å²) >= 11 is 0. The van der Waals surface area contributed by atoms with Crippen LogP contribution in [0, 0.1) is 5.41 Å². The van der Waals surface area contributed by atoms with Gasteiger partial charge in [0.2, 0.25) is 5.91 Å². The summed E-state index contributed by atoms with van der Waals surface area (Å²) in [5.74, 6) is 0.726. The van der Waals surface area contributed by atoms with Crippen LogP contribution < -0.4 is 5.32 Å². The highest BCUT2D eigenvalue weighted by Gasteiger charge is 2.54. The van der Waals surface area contributed by atoms with Crippen molar-refractivity contribution in [2.75, 3.05) is 19.6 Å². The lowest BCUT2D eigenvalue weighted by Gasteiger charge is -2.37. The Morgan fingerprint density at radius 3 is 2.45 bits per heavy atom. The van der Waals surface area contributed by atoms with E-state index in [0.717, 1.165) is 32.5 Å². The fourth-order valence-electron chi connectivity index (χ4n) is 3.88. The highest BCUT2D eigenvalue weighted by Crippen LogP contribution is 2.50. The van der Waals surface area contributed by atoms with E-state index in [-0.39, 0.29) is 5.41 Å². The van der Waals surface area contributed by atoms with Crippen LogP contribution in [0.1, 0.15) is 38.2 Å². The van der Waals surface area contributed by atoms with Gasteiger partial charge in [0.1, 0.15) is 0 Å². The second-order valence-corrected chi connectivity index (χ2v) is 6.42. The van der Waals surface area contributed by atoms with Crippen molar-refractivity contribution in [3.05, 3.63) is 35.9 Å². The van der Waals surface area contributed by atoms with Gasteiger partial charge in [-0.05, 0) is 45.3 Å². The summed E-state index contributed by atoms with van der Waals surface area (Å²) in [5, 5.41) is 3.40. The molecule has 20 heavy (non-hydrogen) atoms. The molecule has 0 aromatic heterocycles. The van der Waals surface area contributed by atoms with Crippen LogP contribution >= 0.6 is 0 Å². The van der Waals surface area contributed by atoms with Crippen LogP contribution in [0.5, 0.6) is 0 Å². The smallest absolute Gasteiger partial charge is 0.229 e. The first kappa shape index (κ1) is 13.6. The van der Waals surface area contributed by atoms with Crippen LogP contribution in [0.4, 0.5) is 0 Å². The van der Waals surface area contributed by atoms with Gasteiger partial charge in [0.15, 0.2) is 0 Å². The molecule has 3 heteroatoms.